The zero-order valence-corrected chi connectivity index (χ0v) is 13.7. The van der Waals surface area contributed by atoms with Crippen molar-refractivity contribution < 1.29 is 14.0 Å². The maximum atomic E-state index is 12.8. The number of amides is 2. The molecule has 0 aromatic heterocycles. The van der Waals surface area contributed by atoms with Gasteiger partial charge in [-0.05, 0) is 42.5 Å². The van der Waals surface area contributed by atoms with Gasteiger partial charge in [-0.15, -0.1) is 0 Å². The summed E-state index contributed by atoms with van der Waals surface area (Å²) in [6.45, 7) is -0.171. The van der Waals surface area contributed by atoms with Crippen LogP contribution in [0.2, 0.25) is 10.0 Å². The van der Waals surface area contributed by atoms with E-state index >= 15 is 0 Å². The highest BCUT2D eigenvalue weighted by molar-refractivity contribution is 6.36. The normalized spacial score (nSPS) is 10.3. The molecule has 0 bridgehead atoms. The molecule has 0 aliphatic heterocycles. The number of rotatable bonds is 4. The van der Waals surface area contributed by atoms with Crippen LogP contribution >= 0.6 is 23.2 Å². The summed E-state index contributed by atoms with van der Waals surface area (Å²) < 4.78 is 12.8. The summed E-state index contributed by atoms with van der Waals surface area (Å²) in [6, 6.07) is 9.85. The molecule has 0 atom stereocenters. The highest BCUT2D eigenvalue weighted by atomic mass is 35.5. The molecule has 0 heterocycles. The second kappa shape index (κ2) is 7.44. The number of nitrogens with one attached hydrogen (secondary N) is 1. The minimum absolute atomic E-state index is 0.171. The predicted octanol–water partition coefficient (Wildman–Crippen LogP) is 3.84. The maximum absolute atomic E-state index is 12.8. The minimum atomic E-state index is -0.405. The van der Waals surface area contributed by atoms with E-state index in [4.69, 9.17) is 23.2 Å². The molecule has 4 nitrogen and oxygen atoms in total. The monoisotopic (exact) mass is 354 g/mol. The van der Waals surface area contributed by atoms with Gasteiger partial charge in [-0.1, -0.05) is 23.2 Å². The first-order valence-electron chi connectivity index (χ1n) is 6.63. The van der Waals surface area contributed by atoms with Crippen LogP contribution in [0.25, 0.3) is 0 Å². The minimum Gasteiger partial charge on any atom is -0.332 e. The van der Waals surface area contributed by atoms with E-state index in [9.17, 15) is 14.0 Å². The molecule has 0 fully saturated rings. The van der Waals surface area contributed by atoms with Gasteiger partial charge in [0, 0.05) is 17.8 Å². The van der Waals surface area contributed by atoms with E-state index in [1.54, 1.807) is 6.07 Å². The molecule has 0 aliphatic rings. The lowest BCUT2D eigenvalue weighted by Crippen LogP contribution is -2.35. The molecule has 7 heteroatoms. The van der Waals surface area contributed by atoms with Gasteiger partial charge in [0.15, 0.2) is 0 Å². The Hall–Kier alpha value is -2.11. The number of hydrogen-bond donors (Lipinski definition) is 1. The molecule has 0 aliphatic carbocycles. The van der Waals surface area contributed by atoms with Crippen molar-refractivity contribution in [2.45, 2.75) is 0 Å². The molecule has 2 aromatic carbocycles. The van der Waals surface area contributed by atoms with Crippen LogP contribution in [-0.4, -0.2) is 30.3 Å². The van der Waals surface area contributed by atoms with Crippen molar-refractivity contribution in [1.29, 1.82) is 0 Å². The fourth-order valence-corrected chi connectivity index (χ4v) is 2.38. The Morgan fingerprint density at radius 3 is 2.39 bits per heavy atom. The molecular weight excluding hydrogens is 342 g/mol. The summed E-state index contributed by atoms with van der Waals surface area (Å²) in [5.41, 5.74) is 0.704. The molecule has 0 spiro atoms. The van der Waals surface area contributed by atoms with Crippen LogP contribution in [0.4, 0.5) is 10.1 Å². The third-order valence-electron chi connectivity index (χ3n) is 3.02. The molecular formula is C16H13Cl2FN2O2. The van der Waals surface area contributed by atoms with E-state index in [1.807, 2.05) is 0 Å². The van der Waals surface area contributed by atoms with Gasteiger partial charge in [0.05, 0.1) is 17.1 Å². The zero-order chi connectivity index (χ0) is 17.0. The summed E-state index contributed by atoms with van der Waals surface area (Å²) in [4.78, 5) is 25.4. The Labute approximate surface area is 142 Å². The van der Waals surface area contributed by atoms with Crippen LogP contribution in [-0.2, 0) is 4.79 Å². The van der Waals surface area contributed by atoms with Crippen molar-refractivity contribution >= 4 is 40.7 Å². The van der Waals surface area contributed by atoms with Crippen LogP contribution < -0.4 is 5.32 Å². The smallest absolute Gasteiger partial charge is 0.255 e. The quantitative estimate of drug-likeness (QED) is 0.906. The number of likely N-dealkylation sites (N-methyl/N-ethyl adjacent to an activating group) is 1. The third kappa shape index (κ3) is 4.68. The van der Waals surface area contributed by atoms with E-state index in [0.717, 1.165) is 0 Å². The zero-order valence-electron chi connectivity index (χ0n) is 12.1. The van der Waals surface area contributed by atoms with Gasteiger partial charge in [0.1, 0.15) is 5.82 Å². The number of carbonyl (C=O) groups is 2. The van der Waals surface area contributed by atoms with Crippen molar-refractivity contribution in [3.63, 3.8) is 0 Å². The van der Waals surface area contributed by atoms with Gasteiger partial charge < -0.3 is 10.2 Å². The summed E-state index contributed by atoms with van der Waals surface area (Å²) in [6.07, 6.45) is 0. The maximum Gasteiger partial charge on any atom is 0.255 e. The van der Waals surface area contributed by atoms with Gasteiger partial charge in [-0.25, -0.2) is 4.39 Å². The lowest BCUT2D eigenvalue weighted by molar-refractivity contribution is -0.116. The highest BCUT2D eigenvalue weighted by Gasteiger charge is 2.17. The summed E-state index contributed by atoms with van der Waals surface area (Å²) in [5, 5.41) is 3.21. The highest BCUT2D eigenvalue weighted by Crippen LogP contribution is 2.22. The van der Waals surface area contributed by atoms with Crippen molar-refractivity contribution in [3.05, 3.63) is 63.9 Å². The molecule has 2 rings (SSSR count). The molecule has 120 valence electrons. The van der Waals surface area contributed by atoms with Crippen molar-refractivity contribution in [1.82, 2.24) is 4.90 Å². The van der Waals surface area contributed by atoms with Gasteiger partial charge in [0.2, 0.25) is 5.91 Å². The Bertz CT molecular complexity index is 735. The number of halogens is 3. The summed E-state index contributed by atoms with van der Waals surface area (Å²) in [5.74, 6) is -1.20. The van der Waals surface area contributed by atoms with E-state index in [1.165, 1.54) is 48.3 Å². The lowest BCUT2D eigenvalue weighted by atomic mass is 10.2. The number of benzene rings is 2. The summed E-state index contributed by atoms with van der Waals surface area (Å²) >= 11 is 11.8. The second-order valence-corrected chi connectivity index (χ2v) is 5.68. The van der Waals surface area contributed by atoms with Gasteiger partial charge in [-0.2, -0.15) is 0 Å². The van der Waals surface area contributed by atoms with Gasteiger partial charge >= 0.3 is 0 Å². The summed E-state index contributed by atoms with van der Waals surface area (Å²) in [7, 11) is 1.48. The van der Waals surface area contributed by atoms with Crippen LogP contribution in [0.5, 0.6) is 0 Å². The Morgan fingerprint density at radius 1 is 1.13 bits per heavy atom. The van der Waals surface area contributed by atoms with Gasteiger partial charge in [-0.3, -0.25) is 9.59 Å². The first-order chi connectivity index (χ1) is 10.9. The van der Waals surface area contributed by atoms with Crippen LogP contribution in [0.1, 0.15) is 10.4 Å². The average Bonchev–Trinajstić information content (AvgIpc) is 2.49. The Balaban J connectivity index is 2.00. The number of anilines is 1. The van der Waals surface area contributed by atoms with E-state index in [-0.39, 0.29) is 17.1 Å². The topological polar surface area (TPSA) is 49.4 Å². The van der Waals surface area contributed by atoms with E-state index < -0.39 is 17.6 Å². The third-order valence-corrected chi connectivity index (χ3v) is 3.56. The van der Waals surface area contributed by atoms with Gasteiger partial charge in [0.25, 0.3) is 5.91 Å². The lowest BCUT2D eigenvalue weighted by Gasteiger charge is -2.17. The predicted molar refractivity (Wildman–Crippen MR) is 88.5 cm³/mol. The molecule has 0 saturated carbocycles. The van der Waals surface area contributed by atoms with Crippen LogP contribution in [0.3, 0.4) is 0 Å². The average molecular weight is 355 g/mol. The standard InChI is InChI=1S/C16H13Cl2FN2O2/c1-21(16(23)13-7-2-10(17)8-14(13)18)9-15(22)20-12-5-3-11(19)4-6-12/h2-8H,9H2,1H3,(H,20,22). The van der Waals surface area contributed by atoms with E-state index in [0.29, 0.717) is 10.7 Å². The Kier molecular flexibility index (Phi) is 5.58. The fraction of sp³-hybridized carbons (Fsp3) is 0.125. The molecule has 0 radical (unpaired) electrons. The molecule has 2 aromatic rings. The molecule has 0 unspecified atom stereocenters. The Morgan fingerprint density at radius 2 is 1.78 bits per heavy atom. The molecule has 0 saturated heterocycles. The van der Waals surface area contributed by atoms with E-state index in [2.05, 4.69) is 5.32 Å². The van der Waals surface area contributed by atoms with Crippen LogP contribution in [0, 0.1) is 5.82 Å². The number of hydrogen-bond acceptors (Lipinski definition) is 2. The van der Waals surface area contributed by atoms with Crippen molar-refractivity contribution in [2.24, 2.45) is 0 Å². The van der Waals surface area contributed by atoms with Crippen molar-refractivity contribution in [2.75, 3.05) is 18.9 Å². The molecule has 23 heavy (non-hydrogen) atoms. The number of nitrogens with zero attached hydrogens (tertiary/aromatic N) is 1. The number of carbonyl (C=O) groups excluding carboxylic acids is 2. The molecule has 2 amide bonds. The van der Waals surface area contributed by atoms with Crippen molar-refractivity contribution in [3.8, 4) is 0 Å². The first kappa shape index (κ1) is 17.2. The van der Waals surface area contributed by atoms with Crippen LogP contribution in [0.15, 0.2) is 42.5 Å². The fourth-order valence-electron chi connectivity index (χ4n) is 1.89. The molecule has 1 N–H and O–H groups in total. The largest absolute Gasteiger partial charge is 0.332 e. The second-order valence-electron chi connectivity index (χ2n) is 4.84. The first-order valence-corrected chi connectivity index (χ1v) is 7.38. The SMILES string of the molecule is CN(CC(=O)Nc1ccc(F)cc1)C(=O)c1ccc(Cl)cc1Cl.